The molecule has 4 aliphatic rings. The van der Waals surface area contributed by atoms with Gasteiger partial charge in [0.05, 0.1) is 28.9 Å². The largest absolute Gasteiger partial charge is 0.508 e. The molecule has 2 saturated heterocycles. The van der Waals surface area contributed by atoms with Crippen molar-refractivity contribution in [2.75, 3.05) is 11.4 Å². The third kappa shape index (κ3) is 4.75. The Bertz CT molecular complexity index is 1880. The number of anilines is 1. The van der Waals surface area contributed by atoms with E-state index < -0.39 is 58.7 Å². The van der Waals surface area contributed by atoms with Gasteiger partial charge in [-0.25, -0.2) is 4.90 Å². The zero-order valence-electron chi connectivity index (χ0n) is 25.0. The topological polar surface area (TPSA) is 132 Å². The number of aliphatic carboxylic acids is 1. The maximum Gasteiger partial charge on any atom is 0.303 e. The van der Waals surface area contributed by atoms with E-state index in [-0.39, 0.29) is 43.9 Å². The Kier molecular flexibility index (Phi) is 7.83. The Hall–Kier alpha value is -4.28. The van der Waals surface area contributed by atoms with Gasteiger partial charge in [-0.3, -0.25) is 28.9 Å². The van der Waals surface area contributed by atoms with Crippen molar-refractivity contribution in [2.45, 2.75) is 37.0 Å². The quantitative estimate of drug-likeness (QED) is 0.232. The molecule has 3 aromatic rings. The van der Waals surface area contributed by atoms with E-state index in [1.54, 1.807) is 36.4 Å². The molecule has 4 amide bonds. The number of allylic oxidation sites excluding steroid dienone is 2. The van der Waals surface area contributed by atoms with Gasteiger partial charge in [0.1, 0.15) is 5.75 Å². The predicted molar refractivity (Wildman–Crippen MR) is 175 cm³/mol. The number of halogens is 2. The molecular weight excluding hydrogens is 688 g/mol. The molecule has 0 unspecified atom stereocenters. The van der Waals surface area contributed by atoms with Crippen molar-refractivity contribution in [3.63, 3.8) is 0 Å². The lowest BCUT2D eigenvalue weighted by Gasteiger charge is -2.50. The number of carbonyl (C=O) groups is 5. The fraction of sp³-hybridized carbons (Fsp3) is 0.306. The molecule has 0 radical (unpaired) electrons. The summed E-state index contributed by atoms with van der Waals surface area (Å²) in [5.41, 5.74) is 0.569. The molecule has 240 valence electrons. The summed E-state index contributed by atoms with van der Waals surface area (Å²) in [6, 6.07) is 20.6. The summed E-state index contributed by atoms with van der Waals surface area (Å²) in [4.78, 5) is 71.0. The summed E-state index contributed by atoms with van der Waals surface area (Å²) in [6.45, 7) is -0.00773. The minimum atomic E-state index is -1.50. The Labute approximate surface area is 283 Å². The molecule has 6 atom stereocenters. The Balaban J connectivity index is 1.44. The highest BCUT2D eigenvalue weighted by molar-refractivity contribution is 9.10. The van der Waals surface area contributed by atoms with Crippen molar-refractivity contribution in [1.29, 1.82) is 0 Å². The molecule has 0 spiro atoms. The second-order valence-electron chi connectivity index (χ2n) is 12.6. The normalized spacial score (nSPS) is 28.2. The van der Waals surface area contributed by atoms with E-state index in [1.165, 1.54) is 15.9 Å². The van der Waals surface area contributed by atoms with Crippen LogP contribution in [0.2, 0.25) is 5.02 Å². The van der Waals surface area contributed by atoms with E-state index in [4.69, 9.17) is 16.7 Å². The highest BCUT2D eigenvalue weighted by Crippen LogP contribution is 2.65. The summed E-state index contributed by atoms with van der Waals surface area (Å²) >= 11 is 9.87. The summed E-state index contributed by atoms with van der Waals surface area (Å²) < 4.78 is 0.654. The van der Waals surface area contributed by atoms with Crippen molar-refractivity contribution in [2.24, 2.45) is 23.7 Å². The number of carboxylic acids is 1. The maximum atomic E-state index is 15.2. The van der Waals surface area contributed by atoms with Crippen molar-refractivity contribution >= 4 is 62.8 Å². The standard InChI is InChI=1S/C36H30BrClN2O7/c37-20-11-14-28(41)26(16-20)31-23-12-13-24-30(34(46)39(32(24)44)15-5-10-29(42)43)25(23)18-27-33(45)40(22-9-4-8-21(38)17-22)35(47)36(27,31)19-6-2-1-3-7-19/h1-4,6-9,11-12,14,16-17,24-25,27,30-31,41H,5,10,13,15,18H2,(H,42,43)/t24-,25+,27-,30-,31+,36+/m0/s1. The number of benzene rings is 3. The lowest BCUT2D eigenvalue weighted by molar-refractivity contribution is -0.142. The first-order valence-electron chi connectivity index (χ1n) is 15.5. The van der Waals surface area contributed by atoms with E-state index in [1.807, 2.05) is 36.4 Å². The number of hydrogen-bond acceptors (Lipinski definition) is 6. The van der Waals surface area contributed by atoms with Crippen LogP contribution in [0.15, 0.2) is 88.9 Å². The van der Waals surface area contributed by atoms with Gasteiger partial charge >= 0.3 is 5.97 Å². The van der Waals surface area contributed by atoms with Crippen molar-refractivity contribution < 1.29 is 34.2 Å². The molecule has 2 aliphatic carbocycles. The van der Waals surface area contributed by atoms with Gasteiger partial charge in [0.25, 0.3) is 0 Å². The second kappa shape index (κ2) is 11.8. The number of likely N-dealkylation sites (tertiary alicyclic amines) is 1. The number of carboxylic acid groups (broad SMARTS) is 1. The lowest BCUT2D eigenvalue weighted by Crippen LogP contribution is -2.53. The molecule has 1 saturated carbocycles. The molecule has 2 aliphatic heterocycles. The number of fused-ring (bicyclic) bond motifs is 4. The molecular formula is C36H30BrClN2O7. The SMILES string of the molecule is O=C(O)CCCN1C(=O)[C@H]2[C@H](CC=C3[C@H]2C[C@H]2C(=O)N(c4cccc(Cl)c4)C(=O)[C@@]2(c2ccccc2)[C@H]3c2cc(Br)ccc2O)C1=O. The molecule has 2 N–H and O–H groups in total. The van der Waals surface area contributed by atoms with Gasteiger partial charge < -0.3 is 10.2 Å². The average molecular weight is 718 g/mol. The number of aromatic hydroxyl groups is 1. The van der Waals surface area contributed by atoms with Crippen molar-refractivity contribution in [1.82, 2.24) is 4.90 Å². The first-order chi connectivity index (χ1) is 22.5. The molecule has 2 heterocycles. The fourth-order valence-electron chi connectivity index (χ4n) is 8.52. The van der Waals surface area contributed by atoms with Crippen LogP contribution in [0.4, 0.5) is 5.69 Å². The van der Waals surface area contributed by atoms with Crippen LogP contribution in [-0.4, -0.2) is 51.3 Å². The summed E-state index contributed by atoms with van der Waals surface area (Å²) in [5.74, 6) is -6.60. The van der Waals surface area contributed by atoms with Crippen LogP contribution in [-0.2, 0) is 29.4 Å². The van der Waals surface area contributed by atoms with Crippen LogP contribution in [0.1, 0.15) is 42.7 Å². The number of phenolic OH excluding ortho intramolecular Hbond substituents is 1. The van der Waals surface area contributed by atoms with Gasteiger partial charge in [-0.15, -0.1) is 0 Å². The van der Waals surface area contributed by atoms with Crippen LogP contribution in [0, 0.1) is 23.7 Å². The average Bonchev–Trinajstić information content (AvgIpc) is 3.43. The molecule has 7 rings (SSSR count). The highest BCUT2D eigenvalue weighted by Gasteiger charge is 2.70. The highest BCUT2D eigenvalue weighted by atomic mass is 79.9. The molecule has 0 aromatic heterocycles. The predicted octanol–water partition coefficient (Wildman–Crippen LogP) is 5.84. The van der Waals surface area contributed by atoms with Crippen molar-refractivity contribution in [3.8, 4) is 5.75 Å². The van der Waals surface area contributed by atoms with E-state index in [9.17, 15) is 24.3 Å². The van der Waals surface area contributed by atoms with Crippen LogP contribution in [0.3, 0.4) is 0 Å². The van der Waals surface area contributed by atoms with Crippen LogP contribution in [0.5, 0.6) is 5.75 Å². The van der Waals surface area contributed by atoms with Crippen LogP contribution in [0.25, 0.3) is 0 Å². The van der Waals surface area contributed by atoms with Gasteiger partial charge in [0.15, 0.2) is 0 Å². The van der Waals surface area contributed by atoms with E-state index in [0.717, 1.165) is 5.57 Å². The molecule has 9 nitrogen and oxygen atoms in total. The first-order valence-corrected chi connectivity index (χ1v) is 16.7. The van der Waals surface area contributed by atoms with E-state index in [0.29, 0.717) is 26.3 Å². The third-order valence-electron chi connectivity index (χ3n) is 10.3. The Morgan fingerprint density at radius 3 is 2.43 bits per heavy atom. The van der Waals surface area contributed by atoms with Gasteiger partial charge in [0, 0.05) is 33.9 Å². The number of phenols is 1. The molecule has 3 aromatic carbocycles. The zero-order valence-corrected chi connectivity index (χ0v) is 27.4. The summed E-state index contributed by atoms with van der Waals surface area (Å²) in [6.07, 6.45) is 2.23. The number of rotatable bonds is 7. The minimum Gasteiger partial charge on any atom is -0.508 e. The van der Waals surface area contributed by atoms with Crippen molar-refractivity contribution in [3.05, 3.63) is 105 Å². The molecule has 47 heavy (non-hydrogen) atoms. The molecule has 0 bridgehead atoms. The third-order valence-corrected chi connectivity index (χ3v) is 11.1. The fourth-order valence-corrected chi connectivity index (χ4v) is 9.08. The van der Waals surface area contributed by atoms with Crippen LogP contribution >= 0.6 is 27.5 Å². The minimum absolute atomic E-state index is 0.00773. The second-order valence-corrected chi connectivity index (χ2v) is 14.0. The van der Waals surface area contributed by atoms with Crippen LogP contribution < -0.4 is 4.90 Å². The van der Waals surface area contributed by atoms with E-state index in [2.05, 4.69) is 15.9 Å². The van der Waals surface area contributed by atoms with Gasteiger partial charge in [-0.05, 0) is 67.1 Å². The lowest BCUT2D eigenvalue weighted by atomic mass is 9.49. The number of carbonyl (C=O) groups excluding carboxylic acids is 4. The molecule has 3 fully saturated rings. The first kappa shape index (κ1) is 31.3. The summed E-state index contributed by atoms with van der Waals surface area (Å²) in [5, 5.41) is 20.9. The monoisotopic (exact) mass is 716 g/mol. The van der Waals surface area contributed by atoms with Gasteiger partial charge in [-0.1, -0.05) is 75.6 Å². The number of hydrogen-bond donors (Lipinski definition) is 2. The summed E-state index contributed by atoms with van der Waals surface area (Å²) in [7, 11) is 0. The number of imide groups is 2. The number of nitrogens with zero attached hydrogens (tertiary/aromatic N) is 2. The van der Waals surface area contributed by atoms with E-state index >= 15 is 4.79 Å². The zero-order chi connectivity index (χ0) is 33.2. The maximum absolute atomic E-state index is 15.2. The molecule has 11 heteroatoms. The van der Waals surface area contributed by atoms with Gasteiger partial charge in [0.2, 0.25) is 23.6 Å². The smallest absolute Gasteiger partial charge is 0.303 e. The Morgan fingerprint density at radius 2 is 1.70 bits per heavy atom. The Morgan fingerprint density at radius 1 is 0.936 bits per heavy atom. The number of amides is 4. The van der Waals surface area contributed by atoms with Gasteiger partial charge in [-0.2, -0.15) is 0 Å².